The Bertz CT molecular complexity index is 5270. The van der Waals surface area contributed by atoms with Crippen LogP contribution in [0.2, 0.25) is 0 Å². The molecule has 115 heavy (non-hydrogen) atoms. The SMILES string of the molecule is CCc1c(C)c(-c2ccccc2)c(-c2ccccc2)c(C)c1CC.CCc1c(CC)c(-c2ccccc2)c(-c2ccccc2)c(-c2ccccc2)c1-c1ccccc1.CCc1ccc(-c2ccc(C(=O)Cl)cc2)cc1CC.CCc1ccc(-c2ccccc2)cc1CC.CCc1ccc(C(C)(C)c2ccc(C(=O)Cl)cc2)cc1CC. The van der Waals surface area contributed by atoms with E-state index in [-0.39, 0.29) is 5.41 Å². The van der Waals surface area contributed by atoms with Gasteiger partial charge in [0.2, 0.25) is 0 Å². The first-order chi connectivity index (χ1) is 55.9. The van der Waals surface area contributed by atoms with Gasteiger partial charge in [0, 0.05) is 16.5 Å². The highest BCUT2D eigenvalue weighted by molar-refractivity contribution is 6.68. The Balaban J connectivity index is 0.000000156. The first-order valence-corrected chi connectivity index (χ1v) is 42.4. The molecule has 0 radical (unpaired) electrons. The van der Waals surface area contributed by atoms with Gasteiger partial charge in [0.1, 0.15) is 0 Å². The maximum Gasteiger partial charge on any atom is 0.252 e. The lowest BCUT2D eigenvalue weighted by Crippen LogP contribution is -2.19. The maximum atomic E-state index is 11.2. The van der Waals surface area contributed by atoms with Crippen LogP contribution in [-0.4, -0.2) is 10.5 Å². The fourth-order valence-corrected chi connectivity index (χ4v) is 16.8. The molecule has 14 aromatic carbocycles. The van der Waals surface area contributed by atoms with Crippen molar-refractivity contribution in [3.8, 4) is 89.0 Å². The van der Waals surface area contributed by atoms with Crippen LogP contribution >= 0.6 is 23.2 Å². The number of carbonyl (C=O) groups is 2. The smallest absolute Gasteiger partial charge is 0.252 e. The van der Waals surface area contributed by atoms with Crippen molar-refractivity contribution < 1.29 is 9.59 Å². The summed E-state index contributed by atoms with van der Waals surface area (Å²) in [6.07, 6.45) is 10.6. The molecule has 0 aliphatic heterocycles. The fraction of sp³-hybridized carbons (Fsp3) is 0.225. The highest BCUT2D eigenvalue weighted by atomic mass is 35.5. The summed E-state index contributed by atoms with van der Waals surface area (Å²) < 4.78 is 0. The van der Waals surface area contributed by atoms with Crippen LogP contribution < -0.4 is 0 Å². The van der Waals surface area contributed by atoms with Crippen molar-refractivity contribution in [2.24, 2.45) is 0 Å². The minimum atomic E-state index is -0.415. The molecule has 0 bridgehead atoms. The summed E-state index contributed by atoms with van der Waals surface area (Å²) in [5.41, 5.74) is 41.6. The molecule has 0 aromatic heterocycles. The number of benzene rings is 14. The van der Waals surface area contributed by atoms with Crippen molar-refractivity contribution in [2.45, 2.75) is 167 Å². The lowest BCUT2D eigenvalue weighted by atomic mass is 9.76. The van der Waals surface area contributed by atoms with Crippen molar-refractivity contribution in [1.82, 2.24) is 0 Å². The van der Waals surface area contributed by atoms with E-state index in [0.29, 0.717) is 11.1 Å². The van der Waals surface area contributed by atoms with Crippen LogP contribution in [0.4, 0.5) is 0 Å². The van der Waals surface area contributed by atoms with E-state index < -0.39 is 10.5 Å². The zero-order chi connectivity index (χ0) is 82.0. The molecule has 14 aromatic rings. The van der Waals surface area contributed by atoms with E-state index >= 15 is 0 Å². The van der Waals surface area contributed by atoms with Gasteiger partial charge in [0.15, 0.2) is 0 Å². The van der Waals surface area contributed by atoms with Crippen molar-refractivity contribution >= 4 is 33.7 Å². The Hall–Kier alpha value is -11.0. The molecular formula is C111H114Cl2O2. The highest BCUT2D eigenvalue weighted by Crippen LogP contribution is 2.51. The van der Waals surface area contributed by atoms with Gasteiger partial charge in [-0.3, -0.25) is 9.59 Å². The van der Waals surface area contributed by atoms with E-state index in [4.69, 9.17) is 23.2 Å². The quantitative estimate of drug-likeness (QED) is 0.0634. The molecule has 2 nitrogen and oxygen atoms in total. The van der Waals surface area contributed by atoms with Crippen molar-refractivity contribution in [1.29, 1.82) is 0 Å². The topological polar surface area (TPSA) is 34.1 Å². The molecule has 0 aliphatic rings. The standard InChI is InChI=1S/C34H30.C24H26.C20H23ClO.C17H17ClO.C16H18/c1-3-29-30(4-2)32(26-19-11-6-12-20-26)34(28-23-15-8-16-24-28)33(27-21-13-7-14-22-27)31(29)25-17-9-5-10-18-25;1-5-21-17(3)23(19-13-9-7-10-14-19)24(18(4)22(21)6-2)20-15-11-8-12-16-20;1-5-14-7-12-18(13-15(14)6-2)20(3,4)17-10-8-16(9-11-17)19(21)22;1-3-12-5-10-16(11-13(12)4-2)14-6-8-15(9-7-14)17(18)19;1-3-13-10-11-16(12-14(13)4-2)15-8-6-5-7-9-15/h5-24H,3-4H2,1-2H3;7-16H,5-6H2,1-4H3;7-13H,5-6H2,1-4H3;5-11H,3-4H2,1-2H3;5-12H,3-4H2,1-2H3. The monoisotopic (exact) mass is 1550 g/mol. The van der Waals surface area contributed by atoms with Crippen LogP contribution in [0.1, 0.15) is 182 Å². The minimum Gasteiger partial charge on any atom is -0.276 e. The van der Waals surface area contributed by atoms with Crippen LogP contribution in [-0.2, 0) is 69.6 Å². The largest absolute Gasteiger partial charge is 0.276 e. The summed E-state index contributed by atoms with van der Waals surface area (Å²) in [4.78, 5) is 22.2. The summed E-state index contributed by atoms with van der Waals surface area (Å²) in [6, 6.07) is 111. The third-order valence-electron chi connectivity index (χ3n) is 22.8. The lowest BCUT2D eigenvalue weighted by Gasteiger charge is -2.27. The average molecular weight is 1550 g/mol. The zero-order valence-corrected chi connectivity index (χ0v) is 71.7. The van der Waals surface area contributed by atoms with Crippen LogP contribution in [0, 0.1) is 13.8 Å². The van der Waals surface area contributed by atoms with Gasteiger partial charge in [-0.2, -0.15) is 0 Å². The van der Waals surface area contributed by atoms with E-state index in [9.17, 15) is 9.59 Å². The van der Waals surface area contributed by atoms with Gasteiger partial charge in [0.05, 0.1) is 0 Å². The molecule has 14 rings (SSSR count). The van der Waals surface area contributed by atoms with E-state index in [0.717, 1.165) is 69.8 Å². The van der Waals surface area contributed by atoms with E-state index in [1.54, 1.807) is 24.3 Å². The summed E-state index contributed by atoms with van der Waals surface area (Å²) in [5, 5.41) is -0.827. The Morgan fingerprint density at radius 3 is 0.748 bits per heavy atom. The molecule has 0 N–H and O–H groups in total. The number of rotatable bonds is 22. The average Bonchev–Trinajstić information content (AvgIpc) is 0.727. The molecule has 0 aliphatic carbocycles. The second-order valence-electron chi connectivity index (χ2n) is 29.8. The molecule has 584 valence electrons. The van der Waals surface area contributed by atoms with Crippen molar-refractivity contribution in [3.63, 3.8) is 0 Å². The molecule has 0 atom stereocenters. The summed E-state index contributed by atoms with van der Waals surface area (Å²) in [7, 11) is 0. The van der Waals surface area contributed by atoms with Gasteiger partial charge in [0.25, 0.3) is 10.5 Å². The molecule has 0 heterocycles. The van der Waals surface area contributed by atoms with Gasteiger partial charge in [-0.25, -0.2) is 0 Å². The Morgan fingerprint density at radius 2 is 0.461 bits per heavy atom. The molecule has 0 amide bonds. The number of hydrogen-bond acceptors (Lipinski definition) is 2. The number of carbonyl (C=O) groups excluding carboxylic acids is 2. The number of hydrogen-bond donors (Lipinski definition) is 0. The fourth-order valence-electron chi connectivity index (χ4n) is 16.5. The third-order valence-corrected chi connectivity index (χ3v) is 23.2. The zero-order valence-electron chi connectivity index (χ0n) is 70.2. The highest BCUT2D eigenvalue weighted by Gasteiger charge is 2.28. The summed E-state index contributed by atoms with van der Waals surface area (Å²) in [6.45, 7) is 31.4. The molecule has 0 spiro atoms. The molecule has 0 fully saturated rings. The Morgan fingerprint density at radius 1 is 0.226 bits per heavy atom. The van der Waals surface area contributed by atoms with Crippen LogP contribution in [0.25, 0.3) is 89.0 Å². The van der Waals surface area contributed by atoms with Crippen LogP contribution in [0.5, 0.6) is 0 Å². The first-order valence-electron chi connectivity index (χ1n) is 41.6. The van der Waals surface area contributed by atoms with Crippen LogP contribution in [0.3, 0.4) is 0 Å². The third kappa shape index (κ3) is 20.9. The van der Waals surface area contributed by atoms with Gasteiger partial charge >= 0.3 is 0 Å². The molecule has 0 saturated carbocycles. The molecule has 0 saturated heterocycles. The van der Waals surface area contributed by atoms with Gasteiger partial charge in [-0.15, -0.1) is 0 Å². The maximum absolute atomic E-state index is 11.2. The summed E-state index contributed by atoms with van der Waals surface area (Å²) >= 11 is 11.0. The number of aryl methyl sites for hydroxylation is 6. The van der Waals surface area contributed by atoms with Crippen LogP contribution in [0.15, 0.2) is 315 Å². The van der Waals surface area contributed by atoms with E-state index in [2.05, 4.69) is 364 Å². The second-order valence-corrected chi connectivity index (χ2v) is 30.5. The minimum absolute atomic E-state index is 0.107. The van der Waals surface area contributed by atoms with Crippen molar-refractivity contribution in [2.75, 3.05) is 0 Å². The Kier molecular flexibility index (Phi) is 31.8. The first kappa shape index (κ1) is 86.4. The predicted octanol–water partition coefficient (Wildman–Crippen LogP) is 31.1. The van der Waals surface area contributed by atoms with Gasteiger partial charge in [-0.1, -0.05) is 374 Å². The molecule has 0 unspecified atom stereocenters. The number of halogens is 2. The summed E-state index contributed by atoms with van der Waals surface area (Å²) in [5.74, 6) is 0. The van der Waals surface area contributed by atoms with Gasteiger partial charge < -0.3 is 0 Å². The normalized spacial score (nSPS) is 10.9. The van der Waals surface area contributed by atoms with E-state index in [1.165, 1.54) is 161 Å². The van der Waals surface area contributed by atoms with Crippen molar-refractivity contribution in [3.05, 3.63) is 404 Å². The predicted molar refractivity (Wildman–Crippen MR) is 498 cm³/mol. The van der Waals surface area contributed by atoms with E-state index in [1.807, 2.05) is 24.3 Å². The van der Waals surface area contributed by atoms with Gasteiger partial charge in [-0.05, 0) is 292 Å². The Labute approximate surface area is 698 Å². The molecular weight excluding hydrogens is 1440 g/mol. The lowest BCUT2D eigenvalue weighted by molar-refractivity contribution is 0.107. The second kappa shape index (κ2) is 42.4. The molecule has 4 heteroatoms.